The summed E-state index contributed by atoms with van der Waals surface area (Å²) in [5.41, 5.74) is 0.804. The van der Waals surface area contributed by atoms with Crippen LogP contribution >= 0.6 is 0 Å². The van der Waals surface area contributed by atoms with Gasteiger partial charge in [0.25, 0.3) is 0 Å². The van der Waals surface area contributed by atoms with Crippen molar-refractivity contribution in [1.29, 1.82) is 0 Å². The summed E-state index contributed by atoms with van der Waals surface area (Å²) in [6.07, 6.45) is 4.80. The quantitative estimate of drug-likeness (QED) is 0.675. The van der Waals surface area contributed by atoms with Gasteiger partial charge in [-0.15, -0.1) is 0 Å². The van der Waals surface area contributed by atoms with Crippen LogP contribution in [0.2, 0.25) is 0 Å². The van der Waals surface area contributed by atoms with Gasteiger partial charge >= 0.3 is 0 Å². The lowest BCUT2D eigenvalue weighted by molar-refractivity contribution is 0.0858. The van der Waals surface area contributed by atoms with E-state index in [1.54, 1.807) is 0 Å². The van der Waals surface area contributed by atoms with Crippen molar-refractivity contribution in [3.63, 3.8) is 0 Å². The zero-order valence-corrected chi connectivity index (χ0v) is 13.0. The Morgan fingerprint density at radius 3 is 2.30 bits per heavy atom. The van der Waals surface area contributed by atoms with E-state index in [-0.39, 0.29) is 17.8 Å². The van der Waals surface area contributed by atoms with Crippen molar-refractivity contribution in [2.45, 2.75) is 59.0 Å². The highest BCUT2D eigenvalue weighted by Crippen LogP contribution is 2.27. The van der Waals surface area contributed by atoms with E-state index in [1.165, 1.54) is 0 Å². The number of aliphatic hydroxyl groups is 1. The molecular formula is C18H28O2. The average molecular weight is 276 g/mol. The largest absolute Gasteiger partial charge is 0.393 e. The molecule has 0 bridgehead atoms. The van der Waals surface area contributed by atoms with Gasteiger partial charge in [0.2, 0.25) is 0 Å². The van der Waals surface area contributed by atoms with Gasteiger partial charge in [0.15, 0.2) is 5.78 Å². The van der Waals surface area contributed by atoms with Crippen LogP contribution in [-0.4, -0.2) is 17.0 Å². The summed E-state index contributed by atoms with van der Waals surface area (Å²) in [5.74, 6) is 0.636. The first-order chi connectivity index (χ1) is 9.56. The van der Waals surface area contributed by atoms with Gasteiger partial charge in [-0.2, -0.15) is 0 Å². The van der Waals surface area contributed by atoms with Gasteiger partial charge in [0.05, 0.1) is 6.10 Å². The normalized spacial score (nSPS) is 15.6. The number of hydrogen-bond acceptors (Lipinski definition) is 2. The second-order valence-electron chi connectivity index (χ2n) is 5.85. The number of benzene rings is 1. The van der Waals surface area contributed by atoms with Crippen molar-refractivity contribution in [1.82, 2.24) is 0 Å². The van der Waals surface area contributed by atoms with Gasteiger partial charge in [0.1, 0.15) is 0 Å². The fourth-order valence-corrected chi connectivity index (χ4v) is 2.65. The average Bonchev–Trinajstić information content (AvgIpc) is 2.46. The maximum atomic E-state index is 12.5. The number of carbonyl (C=O) groups excluding carboxylic acids is 1. The van der Waals surface area contributed by atoms with Gasteiger partial charge in [-0.05, 0) is 32.1 Å². The van der Waals surface area contributed by atoms with Gasteiger partial charge in [-0.3, -0.25) is 4.79 Å². The van der Waals surface area contributed by atoms with Gasteiger partial charge in [-0.1, -0.05) is 57.0 Å². The smallest absolute Gasteiger partial charge is 0.165 e. The fraction of sp³-hybridized carbons (Fsp3) is 0.611. The predicted molar refractivity (Wildman–Crippen MR) is 83.9 cm³/mol. The number of Topliss-reactive ketones (excluding diaryl/α,β-unsaturated/α-hetero) is 1. The van der Waals surface area contributed by atoms with E-state index in [1.807, 2.05) is 44.2 Å². The van der Waals surface area contributed by atoms with Crippen molar-refractivity contribution >= 4 is 5.78 Å². The lowest BCUT2D eigenvalue weighted by Crippen LogP contribution is -2.22. The van der Waals surface area contributed by atoms with E-state index in [0.717, 1.165) is 37.7 Å². The molecule has 3 atom stereocenters. The molecule has 0 aliphatic heterocycles. The second-order valence-corrected chi connectivity index (χ2v) is 5.85. The number of unbranched alkanes of at least 4 members (excludes halogenated alkanes) is 1. The van der Waals surface area contributed by atoms with Crippen molar-refractivity contribution in [2.75, 3.05) is 0 Å². The number of carbonyl (C=O) groups is 1. The molecule has 2 nitrogen and oxygen atoms in total. The van der Waals surface area contributed by atoms with E-state index < -0.39 is 0 Å². The highest BCUT2D eigenvalue weighted by atomic mass is 16.3. The molecule has 3 unspecified atom stereocenters. The topological polar surface area (TPSA) is 37.3 Å². The monoisotopic (exact) mass is 276 g/mol. The van der Waals surface area contributed by atoms with Crippen LogP contribution in [0, 0.1) is 11.8 Å². The highest BCUT2D eigenvalue weighted by molar-refractivity contribution is 5.97. The summed E-state index contributed by atoms with van der Waals surface area (Å²) in [5, 5.41) is 9.48. The van der Waals surface area contributed by atoms with Crippen LogP contribution < -0.4 is 0 Å². The summed E-state index contributed by atoms with van der Waals surface area (Å²) in [7, 11) is 0. The highest BCUT2D eigenvalue weighted by Gasteiger charge is 2.24. The lowest BCUT2D eigenvalue weighted by Gasteiger charge is -2.23. The Morgan fingerprint density at radius 1 is 1.10 bits per heavy atom. The van der Waals surface area contributed by atoms with Crippen LogP contribution in [0.25, 0.3) is 0 Å². The third-order valence-electron chi connectivity index (χ3n) is 4.06. The molecule has 0 aliphatic rings. The summed E-state index contributed by atoms with van der Waals surface area (Å²) >= 11 is 0. The molecule has 0 aromatic heterocycles. The Morgan fingerprint density at radius 2 is 1.75 bits per heavy atom. The Balaban J connectivity index is 2.70. The number of hydrogen-bond donors (Lipinski definition) is 1. The third-order valence-corrected chi connectivity index (χ3v) is 4.06. The molecule has 1 aromatic carbocycles. The maximum absolute atomic E-state index is 12.5. The van der Waals surface area contributed by atoms with Crippen LogP contribution in [0.4, 0.5) is 0 Å². The zero-order chi connectivity index (χ0) is 15.0. The summed E-state index contributed by atoms with van der Waals surface area (Å²) in [4.78, 5) is 12.5. The first-order valence-corrected chi connectivity index (χ1v) is 7.83. The molecule has 2 heteroatoms. The van der Waals surface area contributed by atoms with Crippen molar-refractivity contribution in [3.8, 4) is 0 Å². The van der Waals surface area contributed by atoms with E-state index in [2.05, 4.69) is 6.92 Å². The molecule has 0 fully saturated rings. The van der Waals surface area contributed by atoms with Gasteiger partial charge in [0, 0.05) is 11.5 Å². The third kappa shape index (κ3) is 5.46. The van der Waals surface area contributed by atoms with Gasteiger partial charge < -0.3 is 5.11 Å². The van der Waals surface area contributed by atoms with E-state index >= 15 is 0 Å². The molecule has 1 aromatic rings. The van der Waals surface area contributed by atoms with E-state index in [0.29, 0.717) is 5.92 Å². The SMILES string of the molecule is CCCCC(CCC(C)O)C(C)C(=O)c1ccccc1. The van der Waals surface area contributed by atoms with Crippen LogP contribution in [-0.2, 0) is 0 Å². The van der Waals surface area contributed by atoms with Crippen molar-refractivity contribution in [2.24, 2.45) is 11.8 Å². The van der Waals surface area contributed by atoms with Crippen molar-refractivity contribution in [3.05, 3.63) is 35.9 Å². The molecule has 0 saturated heterocycles. The Bertz CT molecular complexity index is 384. The molecule has 112 valence electrons. The number of aliphatic hydroxyl groups excluding tert-OH is 1. The molecule has 20 heavy (non-hydrogen) atoms. The number of rotatable bonds is 9. The predicted octanol–water partition coefficient (Wildman–Crippen LogP) is 4.47. The lowest BCUT2D eigenvalue weighted by atomic mass is 9.81. The molecule has 0 radical (unpaired) electrons. The van der Waals surface area contributed by atoms with E-state index in [4.69, 9.17) is 0 Å². The fourth-order valence-electron chi connectivity index (χ4n) is 2.65. The molecule has 1 rings (SSSR count). The molecule has 1 N–H and O–H groups in total. The molecular weight excluding hydrogens is 248 g/mol. The van der Waals surface area contributed by atoms with Crippen LogP contribution in [0.3, 0.4) is 0 Å². The minimum atomic E-state index is -0.279. The minimum absolute atomic E-state index is 0.0303. The molecule has 0 aliphatic carbocycles. The first-order valence-electron chi connectivity index (χ1n) is 7.83. The Hall–Kier alpha value is -1.15. The molecule has 0 amide bonds. The molecule has 0 spiro atoms. The van der Waals surface area contributed by atoms with Crippen molar-refractivity contribution < 1.29 is 9.90 Å². The van der Waals surface area contributed by atoms with Crippen LogP contribution in [0.1, 0.15) is 63.2 Å². The first kappa shape index (κ1) is 16.9. The summed E-state index contributed by atoms with van der Waals surface area (Å²) in [6.45, 7) is 6.04. The number of ketones is 1. The Kier molecular flexibility index (Phi) is 7.53. The molecule has 0 heterocycles. The molecule has 0 saturated carbocycles. The van der Waals surface area contributed by atoms with E-state index in [9.17, 15) is 9.90 Å². The second kappa shape index (κ2) is 8.91. The van der Waals surface area contributed by atoms with Crippen LogP contribution in [0.5, 0.6) is 0 Å². The maximum Gasteiger partial charge on any atom is 0.165 e. The summed E-state index contributed by atoms with van der Waals surface area (Å²) < 4.78 is 0. The minimum Gasteiger partial charge on any atom is -0.393 e. The van der Waals surface area contributed by atoms with Gasteiger partial charge in [-0.25, -0.2) is 0 Å². The standard InChI is InChI=1S/C18H28O2/c1-4-5-9-16(13-12-14(2)19)15(3)18(20)17-10-7-6-8-11-17/h6-8,10-11,14-16,19H,4-5,9,12-13H2,1-3H3. The Labute approximate surface area is 123 Å². The summed E-state index contributed by atoms with van der Waals surface area (Å²) in [6, 6.07) is 9.55. The zero-order valence-electron chi connectivity index (χ0n) is 13.0. The van der Waals surface area contributed by atoms with Crippen LogP contribution in [0.15, 0.2) is 30.3 Å².